The lowest BCUT2D eigenvalue weighted by molar-refractivity contribution is 0.102. The lowest BCUT2D eigenvalue weighted by Crippen LogP contribution is -2.13. The van der Waals surface area contributed by atoms with Crippen LogP contribution in [0.3, 0.4) is 0 Å². The molecule has 1 aromatic heterocycles. The van der Waals surface area contributed by atoms with Crippen molar-refractivity contribution in [2.24, 2.45) is 0 Å². The third kappa shape index (κ3) is 4.80. The maximum Gasteiger partial charge on any atom is 0.255 e. The number of anilines is 1. The van der Waals surface area contributed by atoms with Crippen molar-refractivity contribution in [2.75, 3.05) is 11.9 Å². The summed E-state index contributed by atoms with van der Waals surface area (Å²) in [7, 11) is 0. The van der Waals surface area contributed by atoms with Crippen LogP contribution >= 0.6 is 0 Å². The number of nitrogens with zero attached hydrogens (tertiary/aromatic N) is 2. The van der Waals surface area contributed by atoms with E-state index in [0.29, 0.717) is 35.4 Å². The minimum Gasteiger partial charge on any atom is -0.491 e. The third-order valence-electron chi connectivity index (χ3n) is 4.71. The summed E-state index contributed by atoms with van der Waals surface area (Å²) in [4.78, 5) is 12.7. The zero-order valence-corrected chi connectivity index (χ0v) is 17.5. The van der Waals surface area contributed by atoms with E-state index in [1.165, 1.54) is 0 Å². The molecule has 3 aromatic carbocycles. The average Bonchev–Trinajstić information content (AvgIpc) is 3.29. The zero-order chi connectivity index (χ0) is 21.6. The summed E-state index contributed by atoms with van der Waals surface area (Å²) in [5.74, 6) is 1.30. The first-order valence-corrected chi connectivity index (χ1v) is 10.2. The molecule has 0 bridgehead atoms. The lowest BCUT2D eigenvalue weighted by atomic mass is 10.1. The number of para-hydroxylation sites is 2. The second-order valence-electron chi connectivity index (χ2n) is 7.15. The fraction of sp³-hybridized carbons (Fsp3) is 0.160. The van der Waals surface area contributed by atoms with E-state index in [1.807, 2.05) is 62.4 Å². The Labute approximate surface area is 180 Å². The summed E-state index contributed by atoms with van der Waals surface area (Å²) in [6.07, 6.45) is 0.894. The smallest absolute Gasteiger partial charge is 0.255 e. The Bertz CT molecular complexity index is 1170. The van der Waals surface area contributed by atoms with Gasteiger partial charge in [0.05, 0.1) is 12.3 Å². The molecule has 0 fully saturated rings. The highest BCUT2D eigenvalue weighted by Gasteiger charge is 2.13. The van der Waals surface area contributed by atoms with E-state index < -0.39 is 0 Å². The van der Waals surface area contributed by atoms with Gasteiger partial charge >= 0.3 is 0 Å². The van der Waals surface area contributed by atoms with E-state index in [9.17, 15) is 4.79 Å². The lowest BCUT2D eigenvalue weighted by Gasteiger charge is -2.12. The van der Waals surface area contributed by atoms with Gasteiger partial charge in [-0.2, -0.15) is 0 Å². The van der Waals surface area contributed by atoms with Crippen LogP contribution in [0.25, 0.3) is 22.9 Å². The van der Waals surface area contributed by atoms with Gasteiger partial charge in [0, 0.05) is 16.7 Å². The number of hydrogen-bond acceptors (Lipinski definition) is 5. The Morgan fingerprint density at radius 2 is 1.52 bits per heavy atom. The van der Waals surface area contributed by atoms with Gasteiger partial charge in [-0.05, 0) is 61.9 Å². The summed E-state index contributed by atoms with van der Waals surface area (Å²) in [6, 6.07) is 22.3. The van der Waals surface area contributed by atoms with E-state index >= 15 is 0 Å². The van der Waals surface area contributed by atoms with Gasteiger partial charge in [0.15, 0.2) is 0 Å². The normalized spacial score (nSPS) is 10.6. The molecule has 4 aromatic rings. The van der Waals surface area contributed by atoms with Crippen molar-refractivity contribution < 1.29 is 13.9 Å². The van der Waals surface area contributed by atoms with Gasteiger partial charge in [-0.1, -0.05) is 36.8 Å². The van der Waals surface area contributed by atoms with E-state index in [1.54, 1.807) is 24.3 Å². The van der Waals surface area contributed by atoms with Gasteiger partial charge in [0.2, 0.25) is 11.8 Å². The molecule has 0 spiro atoms. The fourth-order valence-electron chi connectivity index (χ4n) is 3.02. The van der Waals surface area contributed by atoms with Gasteiger partial charge in [-0.25, -0.2) is 0 Å². The quantitative estimate of drug-likeness (QED) is 0.417. The number of hydrogen-bond donors (Lipinski definition) is 1. The first-order chi connectivity index (χ1) is 15.1. The molecule has 0 aliphatic carbocycles. The maximum absolute atomic E-state index is 12.7. The number of aryl methyl sites for hydroxylation is 1. The van der Waals surface area contributed by atoms with Crippen molar-refractivity contribution in [3.05, 3.63) is 83.9 Å². The standard InChI is InChI=1S/C25H23N3O3/c1-3-16-30-22-7-5-4-6-21(22)26-23(29)18-12-14-20(15-13-18)25-28-27-24(31-25)19-10-8-17(2)9-11-19/h4-15H,3,16H2,1-2H3,(H,26,29). The molecule has 1 amide bonds. The molecule has 0 aliphatic heterocycles. The number of benzene rings is 3. The van der Waals surface area contributed by atoms with Crippen LogP contribution in [-0.2, 0) is 0 Å². The van der Waals surface area contributed by atoms with Gasteiger partial charge in [0.1, 0.15) is 5.75 Å². The first-order valence-electron chi connectivity index (χ1n) is 10.2. The molecule has 0 saturated carbocycles. The molecule has 0 radical (unpaired) electrons. The molecular formula is C25H23N3O3. The largest absolute Gasteiger partial charge is 0.491 e. The maximum atomic E-state index is 12.7. The van der Waals surface area contributed by atoms with E-state index in [4.69, 9.17) is 9.15 Å². The summed E-state index contributed by atoms with van der Waals surface area (Å²) in [6.45, 7) is 4.66. The number of ether oxygens (including phenoxy) is 1. The number of rotatable bonds is 7. The average molecular weight is 413 g/mol. The van der Waals surface area contributed by atoms with Gasteiger partial charge in [-0.3, -0.25) is 4.79 Å². The van der Waals surface area contributed by atoms with Crippen molar-refractivity contribution in [3.8, 4) is 28.7 Å². The Morgan fingerprint density at radius 3 is 2.16 bits per heavy atom. The van der Waals surface area contributed by atoms with Crippen LogP contribution < -0.4 is 10.1 Å². The van der Waals surface area contributed by atoms with Crippen molar-refractivity contribution in [2.45, 2.75) is 20.3 Å². The minimum absolute atomic E-state index is 0.218. The predicted molar refractivity (Wildman–Crippen MR) is 120 cm³/mol. The van der Waals surface area contributed by atoms with Crippen molar-refractivity contribution >= 4 is 11.6 Å². The number of aromatic nitrogens is 2. The number of nitrogens with one attached hydrogen (secondary N) is 1. The third-order valence-corrected chi connectivity index (χ3v) is 4.71. The number of carbonyl (C=O) groups is 1. The molecule has 4 rings (SSSR count). The van der Waals surface area contributed by atoms with Crippen molar-refractivity contribution in [1.82, 2.24) is 10.2 Å². The highest BCUT2D eigenvalue weighted by atomic mass is 16.5. The van der Waals surface area contributed by atoms with E-state index in [0.717, 1.165) is 23.1 Å². The molecule has 1 N–H and O–H groups in total. The summed E-state index contributed by atoms with van der Waals surface area (Å²) in [5, 5.41) is 11.2. The zero-order valence-electron chi connectivity index (χ0n) is 17.5. The van der Waals surface area contributed by atoms with Crippen LogP contribution in [0.2, 0.25) is 0 Å². The topological polar surface area (TPSA) is 77.2 Å². The molecular weight excluding hydrogens is 390 g/mol. The Morgan fingerprint density at radius 1 is 0.903 bits per heavy atom. The molecule has 6 heteroatoms. The summed E-state index contributed by atoms with van der Waals surface area (Å²) < 4.78 is 11.5. The Balaban J connectivity index is 1.47. The number of carbonyl (C=O) groups excluding carboxylic acids is 1. The fourth-order valence-corrected chi connectivity index (χ4v) is 3.02. The molecule has 156 valence electrons. The molecule has 0 unspecified atom stereocenters. The molecule has 0 aliphatic rings. The predicted octanol–water partition coefficient (Wildman–Crippen LogP) is 5.75. The first kappa shape index (κ1) is 20.3. The van der Waals surface area contributed by atoms with Crippen LogP contribution in [0.5, 0.6) is 5.75 Å². The summed E-state index contributed by atoms with van der Waals surface area (Å²) >= 11 is 0. The molecule has 1 heterocycles. The molecule has 6 nitrogen and oxygen atoms in total. The van der Waals surface area contributed by atoms with Crippen LogP contribution in [0.4, 0.5) is 5.69 Å². The van der Waals surface area contributed by atoms with Gasteiger partial charge in [0.25, 0.3) is 5.91 Å². The Hall–Kier alpha value is -3.93. The van der Waals surface area contributed by atoms with E-state index in [-0.39, 0.29) is 5.91 Å². The molecule has 0 saturated heterocycles. The van der Waals surface area contributed by atoms with Gasteiger partial charge in [-0.15, -0.1) is 10.2 Å². The summed E-state index contributed by atoms with van der Waals surface area (Å²) in [5.41, 5.74) is 3.94. The van der Waals surface area contributed by atoms with Crippen LogP contribution in [0.1, 0.15) is 29.3 Å². The van der Waals surface area contributed by atoms with Crippen molar-refractivity contribution in [3.63, 3.8) is 0 Å². The monoisotopic (exact) mass is 413 g/mol. The molecule has 31 heavy (non-hydrogen) atoms. The van der Waals surface area contributed by atoms with Crippen LogP contribution in [0.15, 0.2) is 77.2 Å². The SMILES string of the molecule is CCCOc1ccccc1NC(=O)c1ccc(-c2nnc(-c3ccc(C)cc3)o2)cc1. The second kappa shape index (κ2) is 9.26. The highest BCUT2D eigenvalue weighted by molar-refractivity contribution is 6.05. The van der Waals surface area contributed by atoms with E-state index in [2.05, 4.69) is 15.5 Å². The molecule has 0 atom stereocenters. The van der Waals surface area contributed by atoms with Gasteiger partial charge < -0.3 is 14.5 Å². The second-order valence-corrected chi connectivity index (χ2v) is 7.15. The van der Waals surface area contributed by atoms with Crippen LogP contribution in [-0.4, -0.2) is 22.7 Å². The Kier molecular flexibility index (Phi) is 6.08. The number of amides is 1. The minimum atomic E-state index is -0.218. The van der Waals surface area contributed by atoms with Crippen molar-refractivity contribution in [1.29, 1.82) is 0 Å². The highest BCUT2D eigenvalue weighted by Crippen LogP contribution is 2.26. The van der Waals surface area contributed by atoms with Crippen LogP contribution in [0, 0.1) is 6.92 Å².